The summed E-state index contributed by atoms with van der Waals surface area (Å²) in [6, 6.07) is 0. The zero-order valence-corrected chi connectivity index (χ0v) is 8.95. The van der Waals surface area contributed by atoms with Crippen LogP contribution in [-0.4, -0.2) is 37.8 Å². The van der Waals surface area contributed by atoms with Crippen molar-refractivity contribution in [1.82, 2.24) is 0 Å². The summed E-state index contributed by atoms with van der Waals surface area (Å²) in [6.07, 6.45) is 2.30. The summed E-state index contributed by atoms with van der Waals surface area (Å²) in [5.41, 5.74) is -0.267. The van der Waals surface area contributed by atoms with Crippen LogP contribution in [0.4, 0.5) is 0 Å². The molecule has 0 N–H and O–H groups in total. The predicted molar refractivity (Wildman–Crippen MR) is 44.1 cm³/mol. The van der Waals surface area contributed by atoms with E-state index in [2.05, 4.69) is 16.1 Å². The average molecular weight is 232 g/mol. The summed E-state index contributed by atoms with van der Waals surface area (Å²) in [7, 11) is 3.49. The van der Waals surface area contributed by atoms with Crippen LogP contribution in [0.25, 0.3) is 0 Å². The van der Waals surface area contributed by atoms with Gasteiger partial charge in [0.05, 0.1) is 0 Å². The molecule has 2 nitrogen and oxygen atoms in total. The summed E-state index contributed by atoms with van der Waals surface area (Å²) >= 11 is 0.368. The number of aldehydes is 2. The van der Waals surface area contributed by atoms with E-state index in [1.807, 2.05) is 0 Å². The van der Waals surface area contributed by atoms with Gasteiger partial charge in [-0.15, -0.1) is 0 Å². The molecule has 0 unspecified atom stereocenters. The van der Waals surface area contributed by atoms with Gasteiger partial charge in [0.2, 0.25) is 0 Å². The Hall–Kier alpha value is 0.0764. The van der Waals surface area contributed by atoms with E-state index in [9.17, 15) is 9.59 Å². The molecule has 0 saturated heterocycles. The van der Waals surface area contributed by atoms with E-state index in [0.29, 0.717) is 26.9 Å². The van der Waals surface area contributed by atoms with Crippen molar-refractivity contribution in [2.45, 2.75) is 22.6 Å². The summed E-state index contributed by atoms with van der Waals surface area (Å²) in [5, 5.41) is 0. The van der Waals surface area contributed by atoms with Crippen LogP contribution in [0.2, 0.25) is 16.2 Å². The zero-order chi connectivity index (χ0) is 8.48. The van der Waals surface area contributed by atoms with Crippen molar-refractivity contribution in [3.8, 4) is 0 Å². The van der Waals surface area contributed by atoms with Crippen molar-refractivity contribution >= 4 is 37.8 Å². The number of hydrogen-bond acceptors (Lipinski definition) is 2. The molecule has 1 rings (SSSR count). The van der Waals surface area contributed by atoms with Crippen LogP contribution >= 0.6 is 0 Å². The monoisotopic (exact) mass is 233 g/mol. The molecule has 0 aromatic rings. The fourth-order valence-corrected chi connectivity index (χ4v) is 5.08. The van der Waals surface area contributed by atoms with Crippen molar-refractivity contribution in [2.24, 2.45) is 5.41 Å². The fraction of sp³-hybridized carbons (Fsp3) is 0.714. The fourth-order valence-electron chi connectivity index (χ4n) is 1.46. The molecule has 2 atom stereocenters. The van der Waals surface area contributed by atoms with Gasteiger partial charge in [-0.1, -0.05) is 0 Å². The Labute approximate surface area is 75.7 Å². The molecule has 3 radical (unpaired) electrons. The summed E-state index contributed by atoms with van der Waals surface area (Å²) in [5.74, 6) is 2.06. The SMILES string of the molecule is C[Se][C@@H]1[C@@H]([Si])CC1(C=O)C=O. The molecule has 1 aliphatic rings. The van der Waals surface area contributed by atoms with E-state index >= 15 is 0 Å². The zero-order valence-electron chi connectivity index (χ0n) is 6.24. The average Bonchev–Trinajstić information content (AvgIpc) is 2.00. The topological polar surface area (TPSA) is 34.1 Å². The van der Waals surface area contributed by atoms with E-state index in [0.717, 1.165) is 12.6 Å². The van der Waals surface area contributed by atoms with Crippen molar-refractivity contribution in [3.63, 3.8) is 0 Å². The van der Waals surface area contributed by atoms with Gasteiger partial charge in [0, 0.05) is 0 Å². The van der Waals surface area contributed by atoms with Crippen LogP contribution in [0.5, 0.6) is 0 Å². The first kappa shape index (κ1) is 9.17. The van der Waals surface area contributed by atoms with E-state index in [4.69, 9.17) is 0 Å². The van der Waals surface area contributed by atoms with Crippen LogP contribution in [-0.2, 0) is 9.59 Å². The van der Waals surface area contributed by atoms with Crippen LogP contribution in [0.15, 0.2) is 0 Å². The van der Waals surface area contributed by atoms with E-state index in [1.165, 1.54) is 0 Å². The molecule has 0 bridgehead atoms. The molecule has 0 spiro atoms. The molecular weight excluding hydrogens is 223 g/mol. The molecule has 0 aliphatic heterocycles. The quantitative estimate of drug-likeness (QED) is 0.397. The van der Waals surface area contributed by atoms with Gasteiger partial charge in [-0.2, -0.15) is 0 Å². The van der Waals surface area contributed by atoms with Crippen LogP contribution in [0.1, 0.15) is 6.42 Å². The molecule has 1 saturated carbocycles. The second-order valence-electron chi connectivity index (χ2n) is 2.81. The molecule has 4 heteroatoms. The van der Waals surface area contributed by atoms with E-state index in [-0.39, 0.29) is 4.82 Å². The normalized spacial score (nSPS) is 34.0. The summed E-state index contributed by atoms with van der Waals surface area (Å²) in [6.45, 7) is 0. The van der Waals surface area contributed by atoms with Gasteiger partial charge in [-0.05, 0) is 0 Å². The molecule has 0 aromatic heterocycles. The molecular formula is C7H9O2SeSi. The maximum atomic E-state index is 10.6. The third-order valence-corrected chi connectivity index (χ3v) is 5.91. The number of carbonyl (C=O) groups is 2. The first-order valence-electron chi connectivity index (χ1n) is 3.37. The Morgan fingerprint density at radius 1 is 1.55 bits per heavy atom. The molecule has 0 aromatic carbocycles. The predicted octanol–water partition coefficient (Wildman–Crippen LogP) is 0.272. The minimum absolute atomic E-state index is 0.265. The summed E-state index contributed by atoms with van der Waals surface area (Å²) < 4.78 is 0. The Kier molecular flexibility index (Phi) is 2.68. The Balaban J connectivity index is 2.73. The molecule has 59 valence electrons. The Morgan fingerprint density at radius 2 is 2.09 bits per heavy atom. The maximum absolute atomic E-state index is 10.6. The van der Waals surface area contributed by atoms with Gasteiger partial charge in [-0.25, -0.2) is 0 Å². The number of rotatable bonds is 3. The van der Waals surface area contributed by atoms with Gasteiger partial charge in [0.1, 0.15) is 0 Å². The Bertz CT molecular complexity index is 175. The molecule has 11 heavy (non-hydrogen) atoms. The van der Waals surface area contributed by atoms with Gasteiger partial charge >= 0.3 is 75.4 Å². The van der Waals surface area contributed by atoms with Crippen molar-refractivity contribution in [3.05, 3.63) is 0 Å². The third-order valence-electron chi connectivity index (χ3n) is 2.16. The molecule has 0 amide bonds. The molecule has 0 heterocycles. The van der Waals surface area contributed by atoms with Gasteiger partial charge in [-0.3, -0.25) is 0 Å². The first-order valence-corrected chi connectivity index (χ1v) is 6.64. The second kappa shape index (κ2) is 3.21. The van der Waals surface area contributed by atoms with Crippen molar-refractivity contribution in [1.29, 1.82) is 0 Å². The first-order chi connectivity index (χ1) is 5.20. The minimum atomic E-state index is -0.638. The van der Waals surface area contributed by atoms with Gasteiger partial charge in [0.15, 0.2) is 0 Å². The van der Waals surface area contributed by atoms with Crippen LogP contribution < -0.4 is 0 Å². The van der Waals surface area contributed by atoms with Crippen LogP contribution in [0.3, 0.4) is 0 Å². The van der Waals surface area contributed by atoms with Gasteiger partial charge in [0.25, 0.3) is 0 Å². The molecule has 1 fully saturated rings. The summed E-state index contributed by atoms with van der Waals surface area (Å²) in [4.78, 5) is 21.5. The van der Waals surface area contributed by atoms with E-state index < -0.39 is 5.41 Å². The third kappa shape index (κ3) is 1.23. The van der Waals surface area contributed by atoms with Crippen molar-refractivity contribution < 1.29 is 9.59 Å². The second-order valence-corrected chi connectivity index (χ2v) is 5.61. The Morgan fingerprint density at radius 3 is 2.27 bits per heavy atom. The number of hydrogen-bond donors (Lipinski definition) is 0. The number of carbonyl (C=O) groups excluding carboxylic acids is 2. The molecule has 1 aliphatic carbocycles. The van der Waals surface area contributed by atoms with Crippen molar-refractivity contribution in [2.75, 3.05) is 0 Å². The van der Waals surface area contributed by atoms with Crippen LogP contribution in [0, 0.1) is 5.41 Å². The standard InChI is InChI=1S/C7H9O2SeSi/c1-10-6-5(11)2-7(6,3-8)4-9/h3-6H,2H2,1H3/t5-,6+/m0/s1. The van der Waals surface area contributed by atoms with Gasteiger partial charge < -0.3 is 0 Å². The van der Waals surface area contributed by atoms with E-state index in [1.54, 1.807) is 0 Å².